The Morgan fingerprint density at radius 3 is 2.66 bits per heavy atom. The Morgan fingerprint density at radius 2 is 1.90 bits per heavy atom. The van der Waals surface area contributed by atoms with Crippen LogP contribution in [0.4, 0.5) is 0 Å². The van der Waals surface area contributed by atoms with E-state index in [9.17, 15) is 0 Å². The van der Waals surface area contributed by atoms with E-state index in [0.717, 1.165) is 37.8 Å². The van der Waals surface area contributed by atoms with Crippen molar-refractivity contribution < 1.29 is 13.9 Å². The van der Waals surface area contributed by atoms with Gasteiger partial charge in [-0.25, -0.2) is 4.98 Å². The highest BCUT2D eigenvalue weighted by Crippen LogP contribution is 2.36. The van der Waals surface area contributed by atoms with E-state index in [-0.39, 0.29) is 0 Å². The molecule has 4 aromatic rings. The molecule has 0 saturated heterocycles. The van der Waals surface area contributed by atoms with Gasteiger partial charge >= 0.3 is 0 Å². The molecule has 0 aliphatic heterocycles. The van der Waals surface area contributed by atoms with Crippen LogP contribution in [-0.4, -0.2) is 29.4 Å². The zero-order chi connectivity index (χ0) is 20.2. The molecule has 0 spiro atoms. The number of thioether (sulfide) groups is 1. The fourth-order valence-corrected chi connectivity index (χ4v) is 4.46. The van der Waals surface area contributed by atoms with Gasteiger partial charge in [0.1, 0.15) is 16.5 Å². The summed E-state index contributed by atoms with van der Waals surface area (Å²) in [5.74, 6) is 2.61. The lowest BCUT2D eigenvalue weighted by atomic mass is 10.2. The average molecular weight is 490 g/mol. The van der Waals surface area contributed by atoms with Gasteiger partial charge in [-0.2, -0.15) is 0 Å². The van der Waals surface area contributed by atoms with E-state index < -0.39 is 0 Å². The Kier molecular flexibility index (Phi) is 6.17. The second-order valence-electron chi connectivity index (χ2n) is 5.88. The van der Waals surface area contributed by atoms with Crippen molar-refractivity contribution in [1.82, 2.24) is 15.2 Å². The van der Waals surface area contributed by atoms with Crippen LogP contribution in [0.2, 0.25) is 0 Å². The van der Waals surface area contributed by atoms with Crippen LogP contribution in [0, 0.1) is 0 Å². The van der Waals surface area contributed by atoms with Gasteiger partial charge in [0.25, 0.3) is 5.22 Å². The number of benzene rings is 2. The zero-order valence-electron chi connectivity index (χ0n) is 15.6. The largest absolute Gasteiger partial charge is 0.497 e. The molecule has 0 unspecified atom stereocenters. The molecule has 6 nitrogen and oxygen atoms in total. The number of nitrogens with zero attached hydrogens (tertiary/aromatic N) is 3. The highest BCUT2D eigenvalue weighted by molar-refractivity contribution is 9.10. The predicted molar refractivity (Wildman–Crippen MR) is 118 cm³/mol. The number of aromatic nitrogens is 3. The van der Waals surface area contributed by atoms with Gasteiger partial charge in [0, 0.05) is 27.2 Å². The lowest BCUT2D eigenvalue weighted by molar-refractivity contribution is 0.395. The molecule has 0 aliphatic rings. The molecule has 148 valence electrons. The quantitative estimate of drug-likeness (QED) is 0.297. The molecule has 4 rings (SSSR count). The molecule has 2 aromatic carbocycles. The minimum Gasteiger partial charge on any atom is -0.497 e. The monoisotopic (exact) mass is 489 g/mol. The molecule has 0 atom stereocenters. The highest BCUT2D eigenvalue weighted by Gasteiger charge is 2.14. The highest BCUT2D eigenvalue weighted by atomic mass is 79.9. The first kappa shape index (κ1) is 19.9. The maximum atomic E-state index is 5.75. The molecule has 0 amide bonds. The Balaban J connectivity index is 1.45. The van der Waals surface area contributed by atoms with Crippen molar-refractivity contribution in [3.8, 4) is 33.5 Å². The summed E-state index contributed by atoms with van der Waals surface area (Å²) in [6.45, 7) is 0. The minimum absolute atomic E-state index is 0.502. The molecule has 0 saturated carbocycles. The molecule has 2 aromatic heterocycles. The number of halogens is 1. The summed E-state index contributed by atoms with van der Waals surface area (Å²) >= 11 is 6.45. The molecule has 0 fully saturated rings. The van der Waals surface area contributed by atoms with Crippen LogP contribution in [0.5, 0.6) is 11.5 Å². The first-order valence-electron chi connectivity index (χ1n) is 8.55. The van der Waals surface area contributed by atoms with Gasteiger partial charge in [0.15, 0.2) is 0 Å². The molecule has 0 bridgehead atoms. The van der Waals surface area contributed by atoms with E-state index in [1.165, 1.54) is 11.8 Å². The number of ether oxygens (including phenoxy) is 2. The third-order valence-corrected chi connectivity index (χ3v) is 6.34. The SMILES string of the molecule is COc1ccc(-c2nc(CSc3nnc(-c4ccc(Br)cc4)o3)cs2)c(OC)c1. The van der Waals surface area contributed by atoms with Gasteiger partial charge in [0.2, 0.25) is 5.89 Å². The number of hydrogen-bond acceptors (Lipinski definition) is 8. The molecule has 9 heteroatoms. The first-order chi connectivity index (χ1) is 14.2. The van der Waals surface area contributed by atoms with Crippen LogP contribution in [0.15, 0.2) is 62.0 Å². The van der Waals surface area contributed by atoms with Crippen molar-refractivity contribution in [2.24, 2.45) is 0 Å². The second kappa shape index (κ2) is 8.98. The van der Waals surface area contributed by atoms with Crippen LogP contribution >= 0.6 is 39.0 Å². The van der Waals surface area contributed by atoms with E-state index in [2.05, 4.69) is 26.1 Å². The molecule has 0 radical (unpaired) electrons. The summed E-state index contributed by atoms with van der Waals surface area (Å²) in [6.07, 6.45) is 0. The molecular weight excluding hydrogens is 474 g/mol. The average Bonchev–Trinajstić information content (AvgIpc) is 3.42. The lowest BCUT2D eigenvalue weighted by Gasteiger charge is -2.08. The lowest BCUT2D eigenvalue weighted by Crippen LogP contribution is -1.90. The summed E-state index contributed by atoms with van der Waals surface area (Å²) in [4.78, 5) is 4.72. The summed E-state index contributed by atoms with van der Waals surface area (Å²) in [5, 5.41) is 11.7. The summed E-state index contributed by atoms with van der Waals surface area (Å²) in [7, 11) is 3.27. The van der Waals surface area contributed by atoms with Gasteiger partial charge in [-0.15, -0.1) is 21.5 Å². The van der Waals surface area contributed by atoms with Crippen molar-refractivity contribution in [1.29, 1.82) is 0 Å². The van der Waals surface area contributed by atoms with E-state index in [1.54, 1.807) is 25.6 Å². The van der Waals surface area contributed by atoms with Crippen molar-refractivity contribution in [3.05, 3.63) is 58.0 Å². The Labute approximate surface area is 184 Å². The number of methoxy groups -OCH3 is 2. The van der Waals surface area contributed by atoms with Crippen molar-refractivity contribution in [3.63, 3.8) is 0 Å². The summed E-state index contributed by atoms with van der Waals surface area (Å²) in [5.41, 5.74) is 2.76. The van der Waals surface area contributed by atoms with E-state index in [1.807, 2.05) is 47.8 Å². The third-order valence-electron chi connectivity index (χ3n) is 4.03. The number of hydrogen-bond donors (Lipinski definition) is 0. The van der Waals surface area contributed by atoms with Crippen LogP contribution in [0.1, 0.15) is 5.69 Å². The zero-order valence-corrected chi connectivity index (χ0v) is 18.8. The van der Waals surface area contributed by atoms with Gasteiger partial charge < -0.3 is 13.9 Å². The van der Waals surface area contributed by atoms with E-state index in [4.69, 9.17) is 18.9 Å². The van der Waals surface area contributed by atoms with Crippen molar-refractivity contribution in [2.75, 3.05) is 14.2 Å². The topological polar surface area (TPSA) is 70.3 Å². The predicted octanol–water partition coefficient (Wildman–Crippen LogP) is 5.93. The Hall–Kier alpha value is -2.36. The number of thiazole rings is 1. The Morgan fingerprint density at radius 1 is 1.07 bits per heavy atom. The molecule has 0 aliphatic carbocycles. The fraction of sp³-hybridized carbons (Fsp3) is 0.150. The molecule has 0 N–H and O–H groups in total. The maximum absolute atomic E-state index is 5.75. The molecule has 2 heterocycles. The standard InChI is InChI=1S/C20H16BrN3O3S2/c1-25-15-7-8-16(17(9-15)26-2)19-22-14(10-28-19)11-29-20-24-23-18(27-20)12-3-5-13(21)6-4-12/h3-10H,11H2,1-2H3. The molecule has 29 heavy (non-hydrogen) atoms. The summed E-state index contributed by atoms with van der Waals surface area (Å²) in [6, 6.07) is 13.5. The van der Waals surface area contributed by atoms with Gasteiger partial charge in [-0.05, 0) is 36.4 Å². The van der Waals surface area contributed by atoms with E-state index in [0.29, 0.717) is 16.9 Å². The van der Waals surface area contributed by atoms with E-state index >= 15 is 0 Å². The van der Waals surface area contributed by atoms with Crippen LogP contribution in [0.25, 0.3) is 22.0 Å². The van der Waals surface area contributed by atoms with Gasteiger partial charge in [0.05, 0.1) is 25.5 Å². The summed E-state index contributed by atoms with van der Waals surface area (Å²) < 4.78 is 17.5. The third kappa shape index (κ3) is 4.63. The second-order valence-corrected chi connectivity index (χ2v) is 8.58. The maximum Gasteiger partial charge on any atom is 0.277 e. The number of rotatable bonds is 7. The van der Waals surface area contributed by atoms with Gasteiger partial charge in [-0.1, -0.05) is 27.7 Å². The van der Waals surface area contributed by atoms with Crippen LogP contribution in [0.3, 0.4) is 0 Å². The Bertz CT molecular complexity index is 1110. The normalized spacial score (nSPS) is 10.9. The van der Waals surface area contributed by atoms with Crippen LogP contribution < -0.4 is 9.47 Å². The first-order valence-corrected chi connectivity index (χ1v) is 11.2. The van der Waals surface area contributed by atoms with Crippen LogP contribution in [-0.2, 0) is 5.75 Å². The molecular formula is C20H16BrN3O3S2. The smallest absolute Gasteiger partial charge is 0.277 e. The fourth-order valence-electron chi connectivity index (χ4n) is 2.59. The minimum atomic E-state index is 0.502. The van der Waals surface area contributed by atoms with Crippen molar-refractivity contribution >= 4 is 39.0 Å². The van der Waals surface area contributed by atoms with Crippen molar-refractivity contribution in [2.45, 2.75) is 11.0 Å². The van der Waals surface area contributed by atoms with Gasteiger partial charge in [-0.3, -0.25) is 0 Å².